The van der Waals surface area contributed by atoms with E-state index in [-0.39, 0.29) is 11.2 Å². The molecule has 1 aromatic rings. The van der Waals surface area contributed by atoms with Crippen LogP contribution >= 0.6 is 0 Å². The summed E-state index contributed by atoms with van der Waals surface area (Å²) in [6.07, 6.45) is 14.3. The molecule has 5 rings (SSSR count). The molecule has 4 aliphatic carbocycles. The lowest BCUT2D eigenvalue weighted by atomic mass is 9.46. The molecule has 0 aliphatic heterocycles. The summed E-state index contributed by atoms with van der Waals surface area (Å²) in [5.74, 6) is 2.42. The van der Waals surface area contributed by atoms with E-state index in [0.29, 0.717) is 23.4 Å². The summed E-state index contributed by atoms with van der Waals surface area (Å²) in [6, 6.07) is 6.79. The number of aliphatic hydroxyl groups is 1. The van der Waals surface area contributed by atoms with Crippen molar-refractivity contribution in [3.05, 3.63) is 47.3 Å². The van der Waals surface area contributed by atoms with Gasteiger partial charge in [0.25, 0.3) is 0 Å². The number of methoxy groups -OCH3 is 1. The Morgan fingerprint density at radius 2 is 1.82 bits per heavy atom. The van der Waals surface area contributed by atoms with Gasteiger partial charge in [0.2, 0.25) is 0 Å². The molecule has 0 aromatic heterocycles. The molecule has 2 nitrogen and oxygen atoms in total. The minimum Gasteiger partial charge on any atom is -0.390 e. The molecule has 0 amide bonds. The lowest BCUT2D eigenvalue weighted by Gasteiger charge is -2.59. The normalized spacial score (nSPS) is 42.0. The maximum absolute atomic E-state index is 13.3. The first-order valence-electron chi connectivity index (χ1n) is 13.4. The zero-order valence-electron chi connectivity index (χ0n) is 21.1. The van der Waals surface area contributed by atoms with Crippen LogP contribution in [-0.2, 0) is 11.2 Å². The van der Waals surface area contributed by atoms with Gasteiger partial charge in [0.1, 0.15) is 5.82 Å². The highest BCUT2D eigenvalue weighted by Gasteiger charge is 2.61. The Kier molecular flexibility index (Phi) is 6.05. The van der Waals surface area contributed by atoms with Gasteiger partial charge in [-0.25, -0.2) is 4.39 Å². The average molecular weight is 455 g/mol. The van der Waals surface area contributed by atoms with Crippen molar-refractivity contribution in [2.45, 2.75) is 96.7 Å². The fourth-order valence-electron chi connectivity index (χ4n) is 9.07. The topological polar surface area (TPSA) is 29.5 Å². The molecule has 8 atom stereocenters. The highest BCUT2D eigenvalue weighted by molar-refractivity contribution is 5.26. The van der Waals surface area contributed by atoms with Gasteiger partial charge in [0.15, 0.2) is 0 Å². The van der Waals surface area contributed by atoms with E-state index in [0.717, 1.165) is 43.1 Å². The highest BCUT2D eigenvalue weighted by Crippen LogP contribution is 2.67. The van der Waals surface area contributed by atoms with Crippen LogP contribution in [0.2, 0.25) is 0 Å². The summed E-state index contributed by atoms with van der Waals surface area (Å²) < 4.78 is 19.0. The third kappa shape index (κ3) is 3.92. The van der Waals surface area contributed by atoms with Gasteiger partial charge in [-0.1, -0.05) is 37.6 Å². The third-order valence-electron chi connectivity index (χ3n) is 11.0. The molecule has 33 heavy (non-hydrogen) atoms. The highest BCUT2D eigenvalue weighted by atomic mass is 19.1. The molecule has 3 fully saturated rings. The lowest BCUT2D eigenvalue weighted by Crippen LogP contribution is -2.53. The van der Waals surface area contributed by atoms with Crippen LogP contribution in [0, 0.1) is 40.3 Å². The molecule has 0 radical (unpaired) electrons. The second-order valence-electron chi connectivity index (χ2n) is 12.5. The van der Waals surface area contributed by atoms with Crippen molar-refractivity contribution >= 4 is 0 Å². The van der Waals surface area contributed by atoms with E-state index in [9.17, 15) is 9.50 Å². The molecule has 0 saturated heterocycles. The average Bonchev–Trinajstić information content (AvgIpc) is 3.16. The molecular weight excluding hydrogens is 411 g/mol. The minimum absolute atomic E-state index is 0.192. The second-order valence-corrected chi connectivity index (χ2v) is 12.5. The Morgan fingerprint density at radius 1 is 1.06 bits per heavy atom. The number of allylic oxidation sites excluding steroid dienone is 1. The fraction of sp³-hybridized carbons (Fsp3) is 0.733. The molecule has 4 aliphatic rings. The first kappa shape index (κ1) is 23.5. The van der Waals surface area contributed by atoms with Crippen molar-refractivity contribution in [2.75, 3.05) is 7.11 Å². The SMILES string of the molecule is CO[C@H]1CC[C@@]2(C)C(=CC[C@H]3[C@@H]4CC[C@H](C(C)(O)CCc5ccc(F)cc5)[C@@]4(C)CC[C@@H]32)C1. The number of benzene rings is 1. The van der Waals surface area contributed by atoms with Crippen molar-refractivity contribution < 1.29 is 14.2 Å². The molecule has 0 heterocycles. The van der Waals surface area contributed by atoms with Crippen molar-refractivity contribution in [3.8, 4) is 0 Å². The first-order chi connectivity index (χ1) is 15.7. The Bertz CT molecular complexity index is 889. The molecule has 3 saturated carbocycles. The maximum atomic E-state index is 13.3. The van der Waals surface area contributed by atoms with Crippen LogP contribution in [0.3, 0.4) is 0 Å². The van der Waals surface area contributed by atoms with E-state index >= 15 is 0 Å². The van der Waals surface area contributed by atoms with Crippen molar-refractivity contribution in [1.82, 2.24) is 0 Å². The molecule has 1 unspecified atom stereocenters. The Balaban J connectivity index is 1.33. The van der Waals surface area contributed by atoms with Crippen LogP contribution < -0.4 is 0 Å². The monoisotopic (exact) mass is 454 g/mol. The summed E-state index contributed by atoms with van der Waals surface area (Å²) in [5.41, 5.74) is 2.68. The van der Waals surface area contributed by atoms with Gasteiger partial charge in [-0.15, -0.1) is 0 Å². The third-order valence-corrected chi connectivity index (χ3v) is 11.0. The zero-order chi connectivity index (χ0) is 23.4. The van der Waals surface area contributed by atoms with Gasteiger partial charge in [-0.2, -0.15) is 0 Å². The predicted molar refractivity (Wildman–Crippen MR) is 131 cm³/mol. The largest absolute Gasteiger partial charge is 0.390 e. The quantitative estimate of drug-likeness (QED) is 0.481. The van der Waals surface area contributed by atoms with Crippen LogP contribution in [0.5, 0.6) is 0 Å². The van der Waals surface area contributed by atoms with E-state index < -0.39 is 5.60 Å². The number of ether oxygens (including phenoxy) is 1. The summed E-state index contributed by atoms with van der Waals surface area (Å²) in [5, 5.41) is 11.7. The fourth-order valence-corrected chi connectivity index (χ4v) is 9.07. The number of rotatable bonds is 5. The van der Waals surface area contributed by atoms with Crippen LogP contribution in [-0.4, -0.2) is 23.9 Å². The maximum Gasteiger partial charge on any atom is 0.123 e. The Labute approximate surface area is 200 Å². The van der Waals surface area contributed by atoms with Crippen LogP contribution in [0.15, 0.2) is 35.9 Å². The lowest BCUT2D eigenvalue weighted by molar-refractivity contribution is -0.105. The number of hydrogen-bond acceptors (Lipinski definition) is 2. The number of aryl methyl sites for hydroxylation is 1. The molecule has 1 aromatic carbocycles. The molecule has 1 N–H and O–H groups in total. The Hall–Kier alpha value is -1.19. The second kappa shape index (κ2) is 8.48. The van der Waals surface area contributed by atoms with E-state index in [1.807, 2.05) is 19.2 Å². The van der Waals surface area contributed by atoms with Crippen LogP contribution in [0.1, 0.15) is 84.1 Å². The minimum atomic E-state index is -0.680. The van der Waals surface area contributed by atoms with Gasteiger partial charge in [0.05, 0.1) is 11.7 Å². The van der Waals surface area contributed by atoms with Gasteiger partial charge in [-0.05, 0) is 123 Å². The van der Waals surface area contributed by atoms with Gasteiger partial charge in [0, 0.05) is 7.11 Å². The molecule has 3 heteroatoms. The van der Waals surface area contributed by atoms with Crippen molar-refractivity contribution in [2.24, 2.45) is 34.5 Å². The molecular formula is C30H43FO2. The Morgan fingerprint density at radius 3 is 2.55 bits per heavy atom. The predicted octanol–water partition coefficient (Wildman–Crippen LogP) is 7.10. The van der Waals surface area contributed by atoms with E-state index in [1.165, 1.54) is 50.7 Å². The van der Waals surface area contributed by atoms with Gasteiger partial charge < -0.3 is 9.84 Å². The number of halogens is 1. The zero-order valence-corrected chi connectivity index (χ0v) is 21.1. The van der Waals surface area contributed by atoms with Gasteiger partial charge >= 0.3 is 0 Å². The molecule has 0 bridgehead atoms. The standard InChI is InChI=1S/C30H43FO2/c1-28-16-14-23(33-4)19-21(28)7-10-24-25-11-12-27(29(25,2)17-15-26(24)28)30(3,32)18-13-20-5-8-22(31)9-6-20/h5-9,23-27,32H,10-19H2,1-4H3/t23-,24-,25-,26-,27-,28-,29-,30?/m0/s1. The van der Waals surface area contributed by atoms with E-state index in [4.69, 9.17) is 4.74 Å². The summed E-state index contributed by atoms with van der Waals surface area (Å²) in [4.78, 5) is 0. The van der Waals surface area contributed by atoms with Crippen LogP contribution in [0.4, 0.5) is 4.39 Å². The van der Waals surface area contributed by atoms with Crippen LogP contribution in [0.25, 0.3) is 0 Å². The van der Waals surface area contributed by atoms with Crippen molar-refractivity contribution in [3.63, 3.8) is 0 Å². The number of fused-ring (bicyclic) bond motifs is 5. The smallest absolute Gasteiger partial charge is 0.123 e. The van der Waals surface area contributed by atoms with E-state index in [2.05, 4.69) is 26.8 Å². The van der Waals surface area contributed by atoms with Crippen molar-refractivity contribution in [1.29, 1.82) is 0 Å². The molecule has 182 valence electrons. The molecule has 0 spiro atoms. The van der Waals surface area contributed by atoms with Gasteiger partial charge in [-0.3, -0.25) is 0 Å². The summed E-state index contributed by atoms with van der Waals surface area (Å²) >= 11 is 0. The first-order valence-corrected chi connectivity index (χ1v) is 13.4. The summed E-state index contributed by atoms with van der Waals surface area (Å²) in [7, 11) is 1.87. The summed E-state index contributed by atoms with van der Waals surface area (Å²) in [6.45, 7) is 7.13. The number of hydrogen-bond donors (Lipinski definition) is 1. The van der Waals surface area contributed by atoms with E-state index in [1.54, 1.807) is 5.57 Å².